The number of hydrogen-bond donors (Lipinski definition) is 2. The van der Waals surface area contributed by atoms with Crippen molar-refractivity contribution in [2.45, 2.75) is 46.1 Å². The van der Waals surface area contributed by atoms with Crippen LogP contribution >= 0.6 is 11.3 Å². The lowest BCUT2D eigenvalue weighted by atomic mass is 10.0. The predicted molar refractivity (Wildman–Crippen MR) is 77.8 cm³/mol. The van der Waals surface area contributed by atoms with Crippen LogP contribution in [0, 0.1) is 12.8 Å². The summed E-state index contributed by atoms with van der Waals surface area (Å²) in [4.78, 5) is 14.5. The van der Waals surface area contributed by atoms with E-state index in [1.165, 1.54) is 9.75 Å². The molecule has 0 aromatic carbocycles. The molecular weight excluding hydrogens is 244 g/mol. The monoisotopic (exact) mass is 268 g/mol. The van der Waals surface area contributed by atoms with Gasteiger partial charge in [0.25, 0.3) is 0 Å². The van der Waals surface area contributed by atoms with Gasteiger partial charge in [-0.05, 0) is 38.4 Å². The van der Waals surface area contributed by atoms with Gasteiger partial charge in [-0.3, -0.25) is 4.79 Å². The molecule has 0 bridgehead atoms. The Balaban J connectivity index is 2.35. The Morgan fingerprint density at radius 1 is 1.50 bits per heavy atom. The third-order valence-electron chi connectivity index (χ3n) is 3.10. The van der Waals surface area contributed by atoms with Crippen LogP contribution in [0.15, 0.2) is 12.1 Å². The van der Waals surface area contributed by atoms with Crippen molar-refractivity contribution < 1.29 is 4.79 Å². The quantitative estimate of drug-likeness (QED) is 0.798. The minimum absolute atomic E-state index is 0.119. The summed E-state index contributed by atoms with van der Waals surface area (Å²) in [7, 11) is 0. The molecule has 0 saturated heterocycles. The molecule has 0 aliphatic rings. The van der Waals surface area contributed by atoms with Crippen molar-refractivity contribution in [3.05, 3.63) is 21.9 Å². The average Bonchev–Trinajstić information content (AvgIpc) is 2.71. The van der Waals surface area contributed by atoms with Gasteiger partial charge in [-0.2, -0.15) is 0 Å². The zero-order chi connectivity index (χ0) is 13.5. The summed E-state index contributed by atoms with van der Waals surface area (Å²) in [5.41, 5.74) is 5.61. The second kappa shape index (κ2) is 7.54. The lowest BCUT2D eigenvalue weighted by Gasteiger charge is -2.16. The van der Waals surface area contributed by atoms with Gasteiger partial charge in [-0.1, -0.05) is 13.3 Å². The van der Waals surface area contributed by atoms with Crippen LogP contribution in [0.2, 0.25) is 0 Å². The highest BCUT2D eigenvalue weighted by Crippen LogP contribution is 2.16. The van der Waals surface area contributed by atoms with Crippen molar-refractivity contribution in [3.8, 4) is 0 Å². The molecule has 2 unspecified atom stereocenters. The second-order valence-corrected chi connectivity index (χ2v) is 6.27. The van der Waals surface area contributed by atoms with E-state index in [0.717, 1.165) is 12.8 Å². The molecule has 3 nitrogen and oxygen atoms in total. The van der Waals surface area contributed by atoms with Gasteiger partial charge in [0.05, 0.1) is 0 Å². The standard InChI is InChI=1S/C14H24N2OS/c1-4-12(9-15)8-14(17)16-10(2)7-13-6-5-11(3)18-13/h5-6,10,12H,4,7-9,15H2,1-3H3,(H,16,17). The fraction of sp³-hybridized carbons (Fsp3) is 0.643. The van der Waals surface area contributed by atoms with E-state index >= 15 is 0 Å². The van der Waals surface area contributed by atoms with Crippen molar-refractivity contribution in [3.63, 3.8) is 0 Å². The van der Waals surface area contributed by atoms with Crippen LogP contribution in [-0.2, 0) is 11.2 Å². The Bertz CT molecular complexity index is 372. The topological polar surface area (TPSA) is 55.1 Å². The maximum atomic E-state index is 11.8. The van der Waals surface area contributed by atoms with Crippen molar-refractivity contribution in [1.29, 1.82) is 0 Å². The highest BCUT2D eigenvalue weighted by atomic mass is 32.1. The Labute approximate surface area is 114 Å². The molecule has 0 spiro atoms. The molecule has 0 radical (unpaired) electrons. The van der Waals surface area contributed by atoms with Crippen molar-refractivity contribution in [1.82, 2.24) is 5.32 Å². The van der Waals surface area contributed by atoms with Crippen LogP contribution in [0.3, 0.4) is 0 Å². The number of rotatable bonds is 7. The van der Waals surface area contributed by atoms with E-state index in [9.17, 15) is 4.79 Å². The molecule has 0 saturated carbocycles. The van der Waals surface area contributed by atoms with Gasteiger partial charge in [-0.25, -0.2) is 0 Å². The Kier molecular flexibility index (Phi) is 6.36. The minimum atomic E-state index is 0.119. The highest BCUT2D eigenvalue weighted by Gasteiger charge is 2.13. The fourth-order valence-corrected chi connectivity index (χ4v) is 2.96. The first-order chi connectivity index (χ1) is 8.55. The van der Waals surface area contributed by atoms with E-state index in [1.54, 1.807) is 11.3 Å². The van der Waals surface area contributed by atoms with Crippen molar-refractivity contribution in [2.24, 2.45) is 11.7 Å². The van der Waals surface area contributed by atoms with Gasteiger partial charge in [0.2, 0.25) is 5.91 Å². The molecule has 0 aliphatic carbocycles. The van der Waals surface area contributed by atoms with Gasteiger partial charge < -0.3 is 11.1 Å². The molecule has 1 heterocycles. The summed E-state index contributed by atoms with van der Waals surface area (Å²) in [6, 6.07) is 4.44. The first kappa shape index (κ1) is 15.2. The molecule has 4 heteroatoms. The molecule has 18 heavy (non-hydrogen) atoms. The maximum Gasteiger partial charge on any atom is 0.220 e. The van der Waals surface area contributed by atoms with Crippen molar-refractivity contribution >= 4 is 17.2 Å². The number of thiophene rings is 1. The van der Waals surface area contributed by atoms with Crippen molar-refractivity contribution in [2.75, 3.05) is 6.54 Å². The number of aryl methyl sites for hydroxylation is 1. The fourth-order valence-electron chi connectivity index (χ4n) is 1.94. The van der Waals surface area contributed by atoms with Crippen LogP contribution in [0.4, 0.5) is 0 Å². The molecular formula is C14H24N2OS. The first-order valence-corrected chi connectivity index (χ1v) is 7.41. The van der Waals surface area contributed by atoms with Gasteiger partial charge in [0.1, 0.15) is 0 Å². The zero-order valence-corrected chi connectivity index (χ0v) is 12.3. The lowest BCUT2D eigenvalue weighted by Crippen LogP contribution is -2.35. The number of nitrogens with two attached hydrogens (primary N) is 1. The number of nitrogens with one attached hydrogen (secondary N) is 1. The Morgan fingerprint density at radius 3 is 2.72 bits per heavy atom. The molecule has 1 rings (SSSR count). The molecule has 0 fully saturated rings. The van der Waals surface area contributed by atoms with Gasteiger partial charge >= 0.3 is 0 Å². The van der Waals surface area contributed by atoms with Crippen LogP contribution in [0.25, 0.3) is 0 Å². The highest BCUT2D eigenvalue weighted by molar-refractivity contribution is 7.11. The van der Waals surface area contributed by atoms with E-state index in [2.05, 4.69) is 38.2 Å². The number of carbonyl (C=O) groups is 1. The van der Waals surface area contributed by atoms with E-state index in [0.29, 0.717) is 18.9 Å². The van der Waals surface area contributed by atoms with E-state index in [-0.39, 0.29) is 11.9 Å². The summed E-state index contributed by atoms with van der Waals surface area (Å²) < 4.78 is 0. The third kappa shape index (κ3) is 5.19. The number of hydrogen-bond acceptors (Lipinski definition) is 3. The molecule has 2 atom stereocenters. The van der Waals surface area contributed by atoms with Crippen LogP contribution < -0.4 is 11.1 Å². The largest absolute Gasteiger partial charge is 0.353 e. The van der Waals surface area contributed by atoms with E-state index in [1.807, 2.05) is 0 Å². The van der Waals surface area contributed by atoms with Crippen LogP contribution in [0.1, 0.15) is 36.4 Å². The summed E-state index contributed by atoms with van der Waals surface area (Å²) in [5.74, 6) is 0.425. The van der Waals surface area contributed by atoms with Crippen LogP contribution in [-0.4, -0.2) is 18.5 Å². The summed E-state index contributed by atoms with van der Waals surface area (Å²) in [6.45, 7) is 6.81. The van der Waals surface area contributed by atoms with Crippen LogP contribution in [0.5, 0.6) is 0 Å². The molecule has 1 amide bonds. The maximum absolute atomic E-state index is 11.8. The predicted octanol–water partition coefficient (Wildman–Crippen LogP) is 2.48. The van der Waals surface area contributed by atoms with E-state index in [4.69, 9.17) is 5.73 Å². The zero-order valence-electron chi connectivity index (χ0n) is 11.5. The lowest BCUT2D eigenvalue weighted by molar-refractivity contribution is -0.122. The van der Waals surface area contributed by atoms with Gasteiger partial charge in [0, 0.05) is 28.6 Å². The molecule has 0 aliphatic heterocycles. The van der Waals surface area contributed by atoms with Gasteiger partial charge in [-0.15, -0.1) is 11.3 Å². The summed E-state index contributed by atoms with van der Waals surface area (Å²) in [6.07, 6.45) is 2.41. The number of carbonyl (C=O) groups excluding carboxylic acids is 1. The smallest absolute Gasteiger partial charge is 0.220 e. The normalized spacial score (nSPS) is 14.2. The molecule has 1 aromatic heterocycles. The average molecular weight is 268 g/mol. The molecule has 3 N–H and O–H groups in total. The molecule has 102 valence electrons. The molecule has 1 aromatic rings. The summed E-state index contributed by atoms with van der Waals surface area (Å²) >= 11 is 1.79. The first-order valence-electron chi connectivity index (χ1n) is 6.59. The van der Waals surface area contributed by atoms with E-state index < -0.39 is 0 Å². The second-order valence-electron chi connectivity index (χ2n) is 4.90. The Morgan fingerprint density at radius 2 is 2.22 bits per heavy atom. The third-order valence-corrected chi connectivity index (χ3v) is 4.12. The van der Waals surface area contributed by atoms with Gasteiger partial charge in [0.15, 0.2) is 0 Å². The number of amides is 1. The SMILES string of the molecule is CCC(CN)CC(=O)NC(C)Cc1ccc(C)s1. The summed E-state index contributed by atoms with van der Waals surface area (Å²) in [5, 5.41) is 3.05. The Hall–Kier alpha value is -0.870. The minimum Gasteiger partial charge on any atom is -0.353 e.